The van der Waals surface area contributed by atoms with Gasteiger partial charge in [-0.1, -0.05) is 30.2 Å². The SMILES string of the molecule is [2H]c1c([2H])c(C([2H])([2H])N2CCOCC2)c([2H])c([2H])c1C([2H])([2H])Oc1cccc2c1CN(C1CCC(=O)NC1=O)C2=O. The van der Waals surface area contributed by atoms with E-state index in [0.29, 0.717) is 0 Å². The standard InChI is InChI=1S/C25H27N3O5/c29-23-9-8-21(24(30)26-23)28-15-20-19(25(28)31)2-1-3-22(20)33-16-18-6-4-17(5-7-18)14-27-10-12-32-13-11-27/h1-7,21H,8-16H2,(H,26,29,30)/i4D,5D,6D,7D,14D2,16D2. The minimum atomic E-state index is -2.93. The average molecular weight is 458 g/mol. The molecule has 3 aliphatic rings. The zero-order chi connectivity index (χ0) is 29.9. The van der Waals surface area contributed by atoms with E-state index in [2.05, 4.69) is 5.32 Å². The van der Waals surface area contributed by atoms with E-state index >= 15 is 0 Å². The molecule has 2 saturated heterocycles. The lowest BCUT2D eigenvalue weighted by Crippen LogP contribution is -2.52. The minimum absolute atomic E-state index is 0.0609. The van der Waals surface area contributed by atoms with Crippen molar-refractivity contribution in [2.45, 2.75) is 38.5 Å². The van der Waals surface area contributed by atoms with E-state index in [1.54, 1.807) is 0 Å². The molecule has 0 aromatic heterocycles. The zero-order valence-corrected chi connectivity index (χ0v) is 17.7. The molecule has 3 heterocycles. The van der Waals surface area contributed by atoms with E-state index in [-0.39, 0.29) is 62.6 Å². The van der Waals surface area contributed by atoms with Crippen LogP contribution in [0.5, 0.6) is 5.75 Å². The molecule has 2 aromatic rings. The first-order valence-corrected chi connectivity index (χ1v) is 10.7. The van der Waals surface area contributed by atoms with Crippen molar-refractivity contribution in [2.75, 3.05) is 26.3 Å². The summed E-state index contributed by atoms with van der Waals surface area (Å²) >= 11 is 0. The monoisotopic (exact) mass is 457 g/mol. The highest BCUT2D eigenvalue weighted by Gasteiger charge is 2.40. The Balaban J connectivity index is 1.48. The Morgan fingerprint density at radius 3 is 2.64 bits per heavy atom. The lowest BCUT2D eigenvalue weighted by atomic mass is 10.0. The molecule has 8 heteroatoms. The van der Waals surface area contributed by atoms with Gasteiger partial charge >= 0.3 is 0 Å². The van der Waals surface area contributed by atoms with Gasteiger partial charge in [0.05, 0.1) is 28.0 Å². The van der Waals surface area contributed by atoms with Crippen molar-refractivity contribution < 1.29 is 34.8 Å². The third-order valence-corrected chi connectivity index (χ3v) is 5.71. The van der Waals surface area contributed by atoms with Crippen molar-refractivity contribution in [1.29, 1.82) is 0 Å². The Morgan fingerprint density at radius 2 is 1.88 bits per heavy atom. The molecule has 0 bridgehead atoms. The molecule has 0 spiro atoms. The highest BCUT2D eigenvalue weighted by molar-refractivity contribution is 6.05. The van der Waals surface area contributed by atoms with Crippen LogP contribution >= 0.6 is 0 Å². The summed E-state index contributed by atoms with van der Waals surface area (Å²) in [6.45, 7) is -4.60. The number of imide groups is 1. The Bertz CT molecular complexity index is 1420. The van der Waals surface area contributed by atoms with E-state index in [9.17, 15) is 14.4 Å². The van der Waals surface area contributed by atoms with Crippen molar-refractivity contribution in [3.63, 3.8) is 0 Å². The van der Waals surface area contributed by atoms with Gasteiger partial charge < -0.3 is 14.4 Å². The van der Waals surface area contributed by atoms with Crippen molar-refractivity contribution in [2.24, 2.45) is 0 Å². The molecule has 3 aliphatic heterocycles. The molecule has 2 aromatic carbocycles. The number of nitrogens with zero attached hydrogens (tertiary/aromatic N) is 2. The van der Waals surface area contributed by atoms with Gasteiger partial charge in [0.25, 0.3) is 5.91 Å². The average Bonchev–Trinajstić information content (AvgIpc) is 3.25. The Labute approximate surface area is 203 Å². The second-order valence-electron chi connectivity index (χ2n) is 7.85. The van der Waals surface area contributed by atoms with Gasteiger partial charge in [0.1, 0.15) is 18.4 Å². The number of rotatable bonds is 6. The fourth-order valence-electron chi connectivity index (χ4n) is 4.01. The molecular formula is C25H27N3O5. The summed E-state index contributed by atoms with van der Waals surface area (Å²) in [6, 6.07) is 0.372. The number of amides is 3. The summed E-state index contributed by atoms with van der Waals surface area (Å²) < 4.78 is 79.4. The molecule has 8 nitrogen and oxygen atoms in total. The van der Waals surface area contributed by atoms with Gasteiger partial charge in [-0.25, -0.2) is 0 Å². The smallest absolute Gasteiger partial charge is 0.255 e. The summed E-state index contributed by atoms with van der Waals surface area (Å²) in [5, 5.41) is 2.21. The van der Waals surface area contributed by atoms with Gasteiger partial charge in [-0.05, 0) is 29.7 Å². The van der Waals surface area contributed by atoms with Crippen LogP contribution < -0.4 is 10.1 Å². The number of fused-ring (bicyclic) bond motifs is 1. The van der Waals surface area contributed by atoms with E-state index < -0.39 is 72.1 Å². The van der Waals surface area contributed by atoms with Crippen LogP contribution in [0.15, 0.2) is 42.4 Å². The van der Waals surface area contributed by atoms with Crippen LogP contribution in [0.25, 0.3) is 0 Å². The van der Waals surface area contributed by atoms with Crippen LogP contribution in [0.4, 0.5) is 0 Å². The summed E-state index contributed by atoms with van der Waals surface area (Å²) in [4.78, 5) is 39.7. The van der Waals surface area contributed by atoms with Crippen molar-refractivity contribution in [3.8, 4) is 5.75 Å². The summed E-state index contributed by atoms with van der Waals surface area (Å²) in [5.74, 6) is -1.64. The molecule has 3 amide bonds. The first kappa shape index (κ1) is 14.1. The number of hydrogen-bond donors (Lipinski definition) is 1. The van der Waals surface area contributed by atoms with Crippen LogP contribution in [0.3, 0.4) is 0 Å². The fraction of sp³-hybridized carbons (Fsp3) is 0.400. The third kappa shape index (κ3) is 4.62. The predicted octanol–water partition coefficient (Wildman–Crippen LogP) is 1.86. The maximum atomic E-state index is 13.1. The number of carbonyl (C=O) groups excluding carboxylic acids is 3. The maximum absolute atomic E-state index is 13.1. The second-order valence-corrected chi connectivity index (χ2v) is 7.85. The summed E-state index contributed by atoms with van der Waals surface area (Å²) in [5.41, 5.74) is -0.809. The van der Waals surface area contributed by atoms with Gasteiger partial charge in [-0.3, -0.25) is 24.6 Å². The molecule has 33 heavy (non-hydrogen) atoms. The van der Waals surface area contributed by atoms with Crippen molar-refractivity contribution >= 4 is 17.7 Å². The lowest BCUT2D eigenvalue weighted by molar-refractivity contribution is -0.136. The second kappa shape index (κ2) is 9.33. The van der Waals surface area contributed by atoms with Crippen LogP contribution in [0.1, 0.15) is 50.9 Å². The Morgan fingerprint density at radius 1 is 1.12 bits per heavy atom. The van der Waals surface area contributed by atoms with Gasteiger partial charge in [0.15, 0.2) is 0 Å². The van der Waals surface area contributed by atoms with Crippen LogP contribution in [-0.2, 0) is 33.9 Å². The molecule has 2 fully saturated rings. The van der Waals surface area contributed by atoms with E-state index in [1.165, 1.54) is 28.0 Å². The normalized spacial score (nSPS) is 25.5. The maximum Gasteiger partial charge on any atom is 0.255 e. The first-order valence-electron chi connectivity index (χ1n) is 14.7. The third-order valence-electron chi connectivity index (χ3n) is 5.71. The minimum Gasteiger partial charge on any atom is -0.489 e. The molecule has 0 aliphatic carbocycles. The molecule has 1 atom stereocenters. The zero-order valence-electron chi connectivity index (χ0n) is 25.7. The summed E-state index contributed by atoms with van der Waals surface area (Å²) in [7, 11) is 0. The topological polar surface area (TPSA) is 88.2 Å². The number of morpholine rings is 1. The molecule has 1 unspecified atom stereocenters. The summed E-state index contributed by atoms with van der Waals surface area (Å²) in [6.07, 6.45) is 0.194. The predicted molar refractivity (Wildman–Crippen MR) is 119 cm³/mol. The van der Waals surface area contributed by atoms with Crippen LogP contribution in [0, 0.1) is 0 Å². The molecular weight excluding hydrogens is 422 g/mol. The number of carbonyl (C=O) groups is 3. The van der Waals surface area contributed by atoms with E-state index in [1.807, 2.05) is 0 Å². The Hall–Kier alpha value is -3.23. The number of nitrogens with one attached hydrogen (secondary N) is 1. The molecule has 1 N–H and O–H groups in total. The van der Waals surface area contributed by atoms with Crippen LogP contribution in [-0.4, -0.2) is 59.9 Å². The highest BCUT2D eigenvalue weighted by atomic mass is 16.5. The molecule has 0 saturated carbocycles. The lowest BCUT2D eigenvalue weighted by Gasteiger charge is -2.29. The highest BCUT2D eigenvalue weighted by Crippen LogP contribution is 2.34. The number of ether oxygens (including phenoxy) is 2. The van der Waals surface area contributed by atoms with Crippen molar-refractivity contribution in [3.05, 3.63) is 64.6 Å². The number of hydrogen-bond acceptors (Lipinski definition) is 6. The van der Waals surface area contributed by atoms with Gasteiger partial charge in [0, 0.05) is 39.9 Å². The van der Waals surface area contributed by atoms with Gasteiger partial charge in [-0.2, -0.15) is 0 Å². The number of benzene rings is 2. The van der Waals surface area contributed by atoms with Gasteiger partial charge in [-0.15, -0.1) is 0 Å². The Kier molecular flexibility index (Phi) is 3.99. The molecule has 5 rings (SSSR count). The van der Waals surface area contributed by atoms with E-state index in [4.69, 9.17) is 20.4 Å². The van der Waals surface area contributed by atoms with Crippen LogP contribution in [0.2, 0.25) is 0 Å². The van der Waals surface area contributed by atoms with E-state index in [0.717, 1.165) is 0 Å². The number of piperidine rings is 1. The van der Waals surface area contributed by atoms with Crippen molar-refractivity contribution in [1.82, 2.24) is 15.1 Å². The largest absolute Gasteiger partial charge is 0.489 e. The quantitative estimate of drug-likeness (QED) is 0.667. The first-order chi connectivity index (χ1) is 19.3. The van der Waals surface area contributed by atoms with Gasteiger partial charge in [0.2, 0.25) is 11.8 Å². The fourth-order valence-corrected chi connectivity index (χ4v) is 4.01. The molecule has 172 valence electrons. The molecule has 0 radical (unpaired) electrons.